The van der Waals surface area contributed by atoms with Crippen molar-refractivity contribution in [1.29, 1.82) is 5.26 Å². The van der Waals surface area contributed by atoms with E-state index < -0.39 is 29.5 Å². The maximum atomic E-state index is 14.5. The molecule has 2 aromatic carbocycles. The summed E-state index contributed by atoms with van der Waals surface area (Å²) < 4.78 is 43.6. The zero-order chi connectivity index (χ0) is 25.2. The minimum atomic E-state index is -5.25. The number of carbonyl (C=O) groups excluding carboxylic acids is 1. The van der Waals surface area contributed by atoms with E-state index in [-0.39, 0.29) is 31.8 Å². The highest BCUT2D eigenvalue weighted by Gasteiger charge is 2.66. The molecule has 0 amide bonds. The first kappa shape index (κ1) is 25.3. The normalized spacial score (nSPS) is 22.4. The number of thioether (sulfide) groups is 1. The predicted molar refractivity (Wildman–Crippen MR) is 131 cm³/mol. The molecule has 0 aliphatic carbocycles. The Balaban J connectivity index is 1.92. The third kappa shape index (κ3) is 4.84. The molecule has 1 aliphatic heterocycles. The summed E-state index contributed by atoms with van der Waals surface area (Å²) in [6.07, 6.45) is -5.25. The van der Waals surface area contributed by atoms with Gasteiger partial charge in [0.05, 0.1) is 27.5 Å². The lowest BCUT2D eigenvalue weighted by molar-refractivity contribution is -0.285. The van der Waals surface area contributed by atoms with Crippen molar-refractivity contribution in [2.45, 2.75) is 23.6 Å². The second-order valence-electron chi connectivity index (χ2n) is 7.84. The molecule has 0 bridgehead atoms. The van der Waals surface area contributed by atoms with E-state index in [9.17, 15) is 28.3 Å². The lowest BCUT2D eigenvalue weighted by atomic mass is 9.70. The van der Waals surface area contributed by atoms with Crippen molar-refractivity contribution in [2.75, 3.05) is 0 Å². The maximum Gasteiger partial charge on any atom is 0.437 e. The van der Waals surface area contributed by atoms with Gasteiger partial charge in [-0.3, -0.25) is 4.79 Å². The van der Waals surface area contributed by atoms with E-state index in [0.717, 1.165) is 28.7 Å². The summed E-state index contributed by atoms with van der Waals surface area (Å²) in [5.41, 5.74) is -2.77. The van der Waals surface area contributed by atoms with Gasteiger partial charge in [-0.15, -0.1) is 23.1 Å². The van der Waals surface area contributed by atoms with Crippen LogP contribution in [0.25, 0.3) is 0 Å². The van der Waals surface area contributed by atoms with Gasteiger partial charge in [-0.05, 0) is 28.6 Å². The van der Waals surface area contributed by atoms with Crippen molar-refractivity contribution in [1.82, 2.24) is 5.32 Å². The Kier molecular flexibility index (Phi) is 7.29. The average Bonchev–Trinajstić information content (AvgIpc) is 3.37. The monoisotopic (exact) mass is 534 g/mol. The highest BCUT2D eigenvalue weighted by molar-refractivity contribution is 8.02. The van der Waals surface area contributed by atoms with Gasteiger partial charge in [0.2, 0.25) is 5.72 Å². The van der Waals surface area contributed by atoms with Crippen LogP contribution in [-0.2, 0) is 5.75 Å². The van der Waals surface area contributed by atoms with E-state index in [0.29, 0.717) is 0 Å². The first-order valence-corrected chi connectivity index (χ1v) is 12.6. The Bertz CT molecular complexity index is 1290. The third-order valence-electron chi connectivity index (χ3n) is 5.71. The van der Waals surface area contributed by atoms with Gasteiger partial charge in [0.1, 0.15) is 0 Å². The van der Waals surface area contributed by atoms with E-state index >= 15 is 0 Å². The number of nitrogens with zero attached hydrogens (tertiary/aromatic N) is 1. The van der Waals surface area contributed by atoms with Gasteiger partial charge in [0, 0.05) is 16.7 Å². The molecule has 1 aliphatic rings. The van der Waals surface area contributed by atoms with E-state index in [1.165, 1.54) is 24.3 Å². The Morgan fingerprint density at radius 1 is 1.14 bits per heavy atom. The molecule has 0 fully saturated rings. The number of halogens is 4. The number of hydrogen-bond acceptors (Lipinski definition) is 6. The molecule has 0 radical (unpaired) electrons. The number of allylic oxidation sites excluding steroid dienone is 1. The SMILES string of the molecule is N#CC1=C(SCc2ccccc2)N[C@@](O)(C(F)(F)F)[C@@H](C(=O)c2cccs2)[C@H]1c1ccccc1Cl. The van der Waals surface area contributed by atoms with Crippen LogP contribution in [0.4, 0.5) is 13.2 Å². The molecule has 4 rings (SSSR count). The number of rotatable bonds is 6. The van der Waals surface area contributed by atoms with Gasteiger partial charge in [-0.2, -0.15) is 18.4 Å². The van der Waals surface area contributed by atoms with Crippen molar-refractivity contribution in [2.24, 2.45) is 5.92 Å². The fraction of sp³-hybridized carbons (Fsp3) is 0.200. The summed E-state index contributed by atoms with van der Waals surface area (Å²) in [4.78, 5) is 13.5. The smallest absolute Gasteiger partial charge is 0.363 e. The standard InChI is InChI=1S/C25H18ClF3N2O2S2/c26-18-10-5-4-9-16(18)20-17(13-30)23(35-14-15-7-2-1-3-8-15)31-24(33,25(27,28)29)21(20)22(32)19-11-6-12-34-19/h1-12,20-21,31,33H,14H2/t20-,21+,24-/m0/s1. The molecule has 35 heavy (non-hydrogen) atoms. The lowest BCUT2D eigenvalue weighted by Gasteiger charge is -2.45. The van der Waals surface area contributed by atoms with Crippen molar-refractivity contribution in [3.8, 4) is 6.07 Å². The quantitative estimate of drug-likeness (QED) is 0.353. The second kappa shape index (κ2) is 10.1. The second-order valence-corrected chi connectivity index (χ2v) is 10.2. The molecule has 4 nitrogen and oxygen atoms in total. The number of Topliss-reactive ketones (excluding diaryl/α,β-unsaturated/α-hetero) is 1. The highest BCUT2D eigenvalue weighted by Crippen LogP contribution is 2.52. The van der Waals surface area contributed by atoms with Crippen LogP contribution >= 0.6 is 34.7 Å². The fourth-order valence-corrected chi connectivity index (χ4v) is 6.07. The predicted octanol–water partition coefficient (Wildman–Crippen LogP) is 6.51. The molecule has 2 N–H and O–H groups in total. The number of alkyl halides is 3. The number of nitriles is 1. The Morgan fingerprint density at radius 3 is 2.43 bits per heavy atom. The molecule has 2 heterocycles. The average molecular weight is 535 g/mol. The summed E-state index contributed by atoms with van der Waals surface area (Å²) in [6.45, 7) is 0. The van der Waals surface area contributed by atoms with Crippen LogP contribution in [0.15, 0.2) is 82.7 Å². The molecule has 3 atom stereocenters. The largest absolute Gasteiger partial charge is 0.437 e. The number of aliphatic hydroxyl groups is 1. The van der Waals surface area contributed by atoms with E-state index in [1.807, 2.05) is 12.1 Å². The number of ketones is 1. The van der Waals surface area contributed by atoms with E-state index in [1.54, 1.807) is 41.8 Å². The van der Waals surface area contributed by atoms with E-state index in [2.05, 4.69) is 5.32 Å². The van der Waals surface area contributed by atoms with Gasteiger partial charge in [0.15, 0.2) is 5.78 Å². The molecular weight excluding hydrogens is 517 g/mol. The topological polar surface area (TPSA) is 73.1 Å². The minimum absolute atomic E-state index is 0.0363. The number of hydrogen-bond donors (Lipinski definition) is 2. The van der Waals surface area contributed by atoms with Crippen LogP contribution in [0.3, 0.4) is 0 Å². The Labute approximate surface area is 213 Å². The van der Waals surface area contributed by atoms with Crippen molar-refractivity contribution >= 4 is 40.5 Å². The summed E-state index contributed by atoms with van der Waals surface area (Å²) in [5.74, 6) is -4.22. The zero-order valence-electron chi connectivity index (χ0n) is 17.9. The molecule has 0 saturated heterocycles. The molecular formula is C25H18ClF3N2O2S2. The summed E-state index contributed by atoms with van der Waals surface area (Å²) in [6, 6.07) is 20.0. The molecule has 1 aromatic heterocycles. The molecule has 0 saturated carbocycles. The van der Waals surface area contributed by atoms with Crippen LogP contribution in [0.2, 0.25) is 5.02 Å². The van der Waals surface area contributed by atoms with Crippen molar-refractivity contribution < 1.29 is 23.1 Å². The number of carbonyl (C=O) groups is 1. The van der Waals surface area contributed by atoms with Crippen LogP contribution in [0.1, 0.15) is 26.7 Å². The van der Waals surface area contributed by atoms with Gasteiger partial charge in [-0.25, -0.2) is 0 Å². The first-order valence-electron chi connectivity index (χ1n) is 10.4. The Morgan fingerprint density at radius 2 is 1.83 bits per heavy atom. The summed E-state index contributed by atoms with van der Waals surface area (Å²) in [7, 11) is 0. The minimum Gasteiger partial charge on any atom is -0.363 e. The van der Waals surface area contributed by atoms with Crippen LogP contribution < -0.4 is 5.32 Å². The molecule has 0 spiro atoms. The summed E-state index contributed by atoms with van der Waals surface area (Å²) >= 11 is 8.29. The number of benzene rings is 2. The zero-order valence-corrected chi connectivity index (χ0v) is 20.3. The molecule has 0 unspecified atom stereocenters. The third-order valence-corrected chi connectivity index (χ3v) is 8.03. The molecule has 3 aromatic rings. The summed E-state index contributed by atoms with van der Waals surface area (Å²) in [5, 5.41) is 24.9. The first-order chi connectivity index (χ1) is 16.7. The molecule has 180 valence electrons. The maximum absolute atomic E-state index is 14.5. The van der Waals surface area contributed by atoms with Gasteiger partial charge < -0.3 is 10.4 Å². The van der Waals surface area contributed by atoms with Crippen LogP contribution in [0, 0.1) is 17.2 Å². The van der Waals surface area contributed by atoms with Gasteiger partial charge in [-0.1, -0.05) is 66.2 Å². The molecule has 10 heteroatoms. The van der Waals surface area contributed by atoms with Crippen LogP contribution in [-0.4, -0.2) is 22.8 Å². The van der Waals surface area contributed by atoms with Gasteiger partial charge in [0.25, 0.3) is 0 Å². The van der Waals surface area contributed by atoms with Gasteiger partial charge >= 0.3 is 6.18 Å². The van der Waals surface area contributed by atoms with Crippen molar-refractivity contribution in [3.63, 3.8) is 0 Å². The Hall–Kier alpha value is -2.77. The number of nitrogens with one attached hydrogen (secondary N) is 1. The highest BCUT2D eigenvalue weighted by atomic mass is 35.5. The van der Waals surface area contributed by atoms with E-state index in [4.69, 9.17) is 11.6 Å². The number of thiophene rings is 1. The van der Waals surface area contributed by atoms with Crippen LogP contribution in [0.5, 0.6) is 0 Å². The van der Waals surface area contributed by atoms with Crippen molar-refractivity contribution in [3.05, 3.63) is 104 Å². The fourth-order valence-electron chi connectivity index (χ4n) is 4.05. The lowest BCUT2D eigenvalue weighted by Crippen LogP contribution is -2.66.